The van der Waals surface area contributed by atoms with Crippen LogP contribution in [0.2, 0.25) is 5.02 Å². The third-order valence-corrected chi connectivity index (χ3v) is 5.65. The number of rotatable bonds is 4. The van der Waals surface area contributed by atoms with E-state index in [1.165, 1.54) is 5.56 Å². The number of benzene rings is 1. The van der Waals surface area contributed by atoms with Crippen LogP contribution in [0.1, 0.15) is 49.8 Å². The van der Waals surface area contributed by atoms with Crippen LogP contribution in [0.3, 0.4) is 0 Å². The molecule has 0 bridgehead atoms. The van der Waals surface area contributed by atoms with Crippen molar-refractivity contribution in [3.63, 3.8) is 0 Å². The molecule has 1 atom stereocenters. The number of hydrogen-bond donors (Lipinski definition) is 1. The molecule has 132 valence electrons. The van der Waals surface area contributed by atoms with Gasteiger partial charge in [-0.05, 0) is 86.4 Å². The second-order valence-electron chi connectivity index (χ2n) is 7.13. The topological polar surface area (TPSA) is 42.0 Å². The molecular weight excluding hydrogens is 332 g/mol. The molecule has 25 heavy (non-hydrogen) atoms. The molecule has 1 aromatic heterocycles. The van der Waals surface area contributed by atoms with Crippen molar-refractivity contribution in [1.82, 2.24) is 4.98 Å². The Hall–Kier alpha value is -1.87. The van der Waals surface area contributed by atoms with E-state index in [-0.39, 0.29) is 11.8 Å². The lowest BCUT2D eigenvalue weighted by Crippen LogP contribution is -2.29. The highest BCUT2D eigenvalue weighted by Gasteiger charge is 2.29. The van der Waals surface area contributed by atoms with E-state index < -0.39 is 0 Å². The van der Waals surface area contributed by atoms with Gasteiger partial charge in [-0.1, -0.05) is 18.5 Å². The van der Waals surface area contributed by atoms with Gasteiger partial charge in [0.15, 0.2) is 0 Å². The Morgan fingerprint density at radius 1 is 1.16 bits per heavy atom. The van der Waals surface area contributed by atoms with E-state index in [1.807, 2.05) is 32.2 Å². The number of aryl methyl sites for hydroxylation is 1. The van der Waals surface area contributed by atoms with Crippen LogP contribution in [0.4, 0.5) is 5.69 Å². The summed E-state index contributed by atoms with van der Waals surface area (Å²) < 4.78 is 0. The smallest absolute Gasteiger partial charge is 0.227 e. The largest absolute Gasteiger partial charge is 0.326 e. The Labute approximate surface area is 154 Å². The predicted octanol–water partition coefficient (Wildman–Crippen LogP) is 5.59. The molecule has 1 unspecified atom stereocenters. The van der Waals surface area contributed by atoms with Crippen molar-refractivity contribution in [3.05, 3.63) is 58.9 Å². The Morgan fingerprint density at radius 3 is 2.48 bits per heavy atom. The normalized spacial score (nSPS) is 21.6. The predicted molar refractivity (Wildman–Crippen MR) is 103 cm³/mol. The number of nitrogens with one attached hydrogen (secondary N) is 1. The minimum absolute atomic E-state index is 0.0239. The molecule has 0 aliphatic heterocycles. The number of hydrogen-bond acceptors (Lipinski definition) is 2. The summed E-state index contributed by atoms with van der Waals surface area (Å²) in [5.74, 6) is 1.18. The van der Waals surface area contributed by atoms with Gasteiger partial charge in [0.05, 0.1) is 0 Å². The van der Waals surface area contributed by atoms with Crippen molar-refractivity contribution in [2.75, 3.05) is 5.32 Å². The molecule has 1 saturated carbocycles. The van der Waals surface area contributed by atoms with Crippen LogP contribution in [-0.4, -0.2) is 10.9 Å². The summed E-state index contributed by atoms with van der Waals surface area (Å²) in [6.45, 7) is 4.09. The first-order valence-electron chi connectivity index (χ1n) is 9.02. The highest BCUT2D eigenvalue weighted by atomic mass is 35.5. The first kappa shape index (κ1) is 17.9. The summed E-state index contributed by atoms with van der Waals surface area (Å²) in [6, 6.07) is 11.6. The van der Waals surface area contributed by atoms with E-state index in [4.69, 9.17) is 11.6 Å². The molecule has 1 aliphatic carbocycles. The van der Waals surface area contributed by atoms with Gasteiger partial charge < -0.3 is 5.32 Å². The van der Waals surface area contributed by atoms with E-state index in [9.17, 15) is 4.79 Å². The van der Waals surface area contributed by atoms with Crippen molar-refractivity contribution in [2.45, 2.75) is 45.4 Å². The molecule has 1 heterocycles. The summed E-state index contributed by atoms with van der Waals surface area (Å²) >= 11 is 5.89. The second-order valence-corrected chi connectivity index (χ2v) is 7.56. The lowest BCUT2D eigenvalue weighted by atomic mass is 9.74. The van der Waals surface area contributed by atoms with Crippen LogP contribution >= 0.6 is 11.6 Å². The average Bonchev–Trinajstić information content (AvgIpc) is 2.63. The van der Waals surface area contributed by atoms with Crippen molar-refractivity contribution >= 4 is 23.2 Å². The van der Waals surface area contributed by atoms with Gasteiger partial charge >= 0.3 is 0 Å². The van der Waals surface area contributed by atoms with Crippen LogP contribution in [0.25, 0.3) is 0 Å². The molecule has 1 aliphatic rings. The summed E-state index contributed by atoms with van der Waals surface area (Å²) in [5.41, 5.74) is 3.28. The van der Waals surface area contributed by atoms with E-state index in [2.05, 4.69) is 22.4 Å². The van der Waals surface area contributed by atoms with Crippen LogP contribution in [-0.2, 0) is 4.79 Å². The molecule has 0 spiro atoms. The number of carbonyl (C=O) groups is 1. The van der Waals surface area contributed by atoms with Crippen molar-refractivity contribution in [1.29, 1.82) is 0 Å². The van der Waals surface area contributed by atoms with Crippen molar-refractivity contribution in [2.24, 2.45) is 11.8 Å². The molecular formula is C21H25ClN2O. The molecule has 3 rings (SSSR count). The first-order valence-corrected chi connectivity index (χ1v) is 9.39. The zero-order valence-corrected chi connectivity index (χ0v) is 15.6. The van der Waals surface area contributed by atoms with E-state index in [1.54, 1.807) is 12.1 Å². The standard InChI is InChI=1S/C21H25ClN2O/c1-14-13-18(11-12-23-14)17-5-3-16(4-6-17)15(2)21(25)24-20-9-7-19(22)8-10-20/h7-13,15-17H,3-6H2,1-2H3,(H,24,25). The number of halogens is 1. The molecule has 1 aromatic carbocycles. The van der Waals surface area contributed by atoms with Gasteiger partial charge in [0, 0.05) is 28.5 Å². The monoisotopic (exact) mass is 356 g/mol. The minimum Gasteiger partial charge on any atom is -0.326 e. The minimum atomic E-state index is 0.0239. The van der Waals surface area contributed by atoms with Gasteiger partial charge in [-0.3, -0.25) is 9.78 Å². The number of amides is 1. The van der Waals surface area contributed by atoms with E-state index >= 15 is 0 Å². The first-order chi connectivity index (χ1) is 12.0. The maximum atomic E-state index is 12.5. The zero-order chi connectivity index (χ0) is 17.8. The van der Waals surface area contributed by atoms with Gasteiger partial charge in [-0.2, -0.15) is 0 Å². The fraction of sp³-hybridized carbons (Fsp3) is 0.429. The third kappa shape index (κ3) is 4.60. The molecule has 0 radical (unpaired) electrons. The number of carbonyl (C=O) groups excluding carboxylic acids is 1. The molecule has 2 aromatic rings. The fourth-order valence-electron chi connectivity index (χ4n) is 3.78. The maximum Gasteiger partial charge on any atom is 0.227 e. The van der Waals surface area contributed by atoms with Gasteiger partial charge in [0.1, 0.15) is 0 Å². The molecule has 1 fully saturated rings. The lowest BCUT2D eigenvalue weighted by Gasteiger charge is -2.32. The second kappa shape index (κ2) is 8.01. The Kier molecular flexibility index (Phi) is 5.74. The highest BCUT2D eigenvalue weighted by Crippen LogP contribution is 2.39. The van der Waals surface area contributed by atoms with E-state index in [0.29, 0.717) is 16.9 Å². The average molecular weight is 357 g/mol. The number of anilines is 1. The summed E-state index contributed by atoms with van der Waals surface area (Å²) in [7, 11) is 0. The summed E-state index contributed by atoms with van der Waals surface area (Å²) in [5, 5.41) is 3.69. The number of nitrogens with zero attached hydrogens (tertiary/aromatic N) is 1. The highest BCUT2D eigenvalue weighted by molar-refractivity contribution is 6.30. The molecule has 3 nitrogen and oxygen atoms in total. The Balaban J connectivity index is 1.54. The van der Waals surface area contributed by atoms with Crippen molar-refractivity contribution in [3.8, 4) is 0 Å². The maximum absolute atomic E-state index is 12.5. The van der Waals surface area contributed by atoms with Crippen LogP contribution in [0.5, 0.6) is 0 Å². The Morgan fingerprint density at radius 2 is 1.84 bits per heavy atom. The molecule has 1 N–H and O–H groups in total. The van der Waals surface area contributed by atoms with Gasteiger partial charge in [-0.25, -0.2) is 0 Å². The lowest BCUT2D eigenvalue weighted by molar-refractivity contribution is -0.121. The quantitative estimate of drug-likeness (QED) is 0.775. The van der Waals surface area contributed by atoms with Crippen LogP contribution < -0.4 is 5.32 Å². The third-order valence-electron chi connectivity index (χ3n) is 5.40. The molecule has 1 amide bonds. The van der Waals surface area contributed by atoms with Crippen molar-refractivity contribution < 1.29 is 4.79 Å². The number of aromatic nitrogens is 1. The zero-order valence-electron chi connectivity index (χ0n) is 14.8. The SMILES string of the molecule is Cc1cc(C2CCC(C(C)C(=O)Nc3ccc(Cl)cc3)CC2)ccn1. The van der Waals surface area contributed by atoms with Crippen LogP contribution in [0, 0.1) is 18.8 Å². The van der Waals surface area contributed by atoms with Crippen LogP contribution in [0.15, 0.2) is 42.6 Å². The fourth-order valence-corrected chi connectivity index (χ4v) is 3.90. The van der Waals surface area contributed by atoms with E-state index in [0.717, 1.165) is 37.1 Å². The summed E-state index contributed by atoms with van der Waals surface area (Å²) in [6.07, 6.45) is 6.39. The molecule has 4 heteroatoms. The summed E-state index contributed by atoms with van der Waals surface area (Å²) in [4.78, 5) is 16.8. The van der Waals surface area contributed by atoms with Gasteiger partial charge in [0.25, 0.3) is 0 Å². The van der Waals surface area contributed by atoms with Gasteiger partial charge in [-0.15, -0.1) is 0 Å². The Bertz CT molecular complexity index is 721. The molecule has 0 saturated heterocycles. The van der Waals surface area contributed by atoms with Gasteiger partial charge in [0.2, 0.25) is 5.91 Å². The number of pyridine rings is 1.